The largest absolute Gasteiger partial charge is 1.00 e. The quantitative estimate of drug-likeness (QED) is 0.0794. The summed E-state index contributed by atoms with van der Waals surface area (Å²) >= 11 is 0. The number of carboxylic acids is 2. The fraction of sp³-hybridized carbons (Fsp3) is 0.889. The summed E-state index contributed by atoms with van der Waals surface area (Å²) in [5, 5.41) is 107. The van der Waals surface area contributed by atoms with Crippen LogP contribution in [0.25, 0.3) is 0 Å². The molecule has 0 spiro atoms. The van der Waals surface area contributed by atoms with Gasteiger partial charge in [0, 0.05) is 0 Å². The summed E-state index contributed by atoms with van der Waals surface area (Å²) in [5.41, 5.74) is 0. The van der Waals surface area contributed by atoms with Crippen molar-refractivity contribution in [2.45, 2.75) is 88.4 Å². The second-order valence-corrected chi connectivity index (χ2v) is 6.70. The van der Waals surface area contributed by atoms with E-state index in [4.69, 9.17) is 51.1 Å². The molecule has 0 aliphatic carbocycles. The minimum atomic E-state index is -2.31. The Labute approximate surface area is 242 Å². The van der Waals surface area contributed by atoms with Gasteiger partial charge in [-0.2, -0.15) is 0 Å². The molecule has 0 rings (SSSR count). The van der Waals surface area contributed by atoms with E-state index in [1.807, 2.05) is 0 Å². The Balaban J connectivity index is -0.000000128. The van der Waals surface area contributed by atoms with Crippen molar-refractivity contribution in [1.82, 2.24) is 0 Å². The van der Waals surface area contributed by atoms with E-state index in [2.05, 4.69) is 13.8 Å². The van der Waals surface area contributed by atoms with Crippen molar-refractivity contribution < 1.29 is 130 Å². The van der Waals surface area contributed by atoms with Crippen LogP contribution in [-0.4, -0.2) is 125 Å². The Kier molecular flexibility index (Phi) is 34.8. The molecule has 0 heterocycles. The molecule has 0 aromatic carbocycles. The van der Waals surface area contributed by atoms with Crippen molar-refractivity contribution >= 4 is 11.9 Å². The number of aliphatic hydroxyl groups excluding tert-OH is 10. The molecule has 0 amide bonds. The Morgan fingerprint density at radius 2 is 0.824 bits per heavy atom. The molecule has 0 aliphatic heterocycles. The monoisotopic (exact) mass is 522 g/mol. The van der Waals surface area contributed by atoms with E-state index in [1.54, 1.807) is 0 Å². The zero-order valence-corrected chi connectivity index (χ0v) is 24.0. The van der Waals surface area contributed by atoms with Crippen LogP contribution in [0.3, 0.4) is 0 Å². The van der Waals surface area contributed by atoms with E-state index in [9.17, 15) is 19.8 Å². The fourth-order valence-corrected chi connectivity index (χ4v) is 1.82. The molecular weight excluding hydrogens is 486 g/mol. The van der Waals surface area contributed by atoms with Gasteiger partial charge in [0.05, 0.1) is 25.2 Å². The summed E-state index contributed by atoms with van der Waals surface area (Å²) in [6, 6.07) is 0. The van der Waals surface area contributed by atoms with E-state index in [0.717, 1.165) is 0 Å². The molecule has 8 atom stereocenters. The average Bonchev–Trinajstić information content (AvgIpc) is 2.78. The van der Waals surface area contributed by atoms with Crippen LogP contribution >= 0.6 is 0 Å². The van der Waals surface area contributed by atoms with Gasteiger partial charge in [0.2, 0.25) is 0 Å². The van der Waals surface area contributed by atoms with E-state index in [0.29, 0.717) is 0 Å². The Bertz CT molecular complexity index is 446. The summed E-state index contributed by atoms with van der Waals surface area (Å²) in [6.07, 6.45) is -10.6. The van der Waals surface area contributed by atoms with Crippen LogP contribution in [-0.2, 0) is 9.59 Å². The van der Waals surface area contributed by atoms with E-state index >= 15 is 0 Å². The van der Waals surface area contributed by atoms with Gasteiger partial charge in [-0.3, -0.25) is 0 Å². The summed E-state index contributed by atoms with van der Waals surface area (Å²) in [5.74, 6) is -3.95. The van der Waals surface area contributed by atoms with Gasteiger partial charge in [-0.25, -0.2) is 0 Å². The topological polar surface area (TPSA) is 283 Å². The number of hydrogen-bond donors (Lipinski definition) is 10. The molecule has 0 unspecified atom stereocenters. The molecular formula is C18H36Na2O14. The molecule has 16 heteroatoms. The molecule has 194 valence electrons. The molecule has 0 aromatic heterocycles. The minimum Gasteiger partial charge on any atom is -0.547 e. The number of aliphatic carboxylic acids is 2. The number of carboxylic acid groups (broad SMARTS) is 2. The van der Waals surface area contributed by atoms with Crippen LogP contribution in [0, 0.1) is 0 Å². The van der Waals surface area contributed by atoms with Crippen molar-refractivity contribution in [2.24, 2.45) is 0 Å². The number of rotatable bonds is 13. The summed E-state index contributed by atoms with van der Waals surface area (Å²) in [4.78, 5) is 20.0. The molecule has 0 saturated heterocycles. The molecule has 0 saturated carbocycles. The first-order valence-electron chi connectivity index (χ1n) is 9.82. The van der Waals surface area contributed by atoms with Crippen LogP contribution in [0.15, 0.2) is 0 Å². The van der Waals surface area contributed by atoms with Gasteiger partial charge in [-0.1, -0.05) is 39.5 Å². The molecule has 14 nitrogen and oxygen atoms in total. The van der Waals surface area contributed by atoms with Crippen molar-refractivity contribution in [3.8, 4) is 0 Å². The number of carbonyl (C=O) groups is 2. The Morgan fingerprint density at radius 1 is 0.588 bits per heavy atom. The molecule has 0 aromatic rings. The number of hydrogen-bond acceptors (Lipinski definition) is 14. The van der Waals surface area contributed by atoms with Gasteiger partial charge in [-0.15, -0.1) is 0 Å². The SMILES string of the molecule is CCCCCC.O=C([O-])[C@H](O)[C@@H](O)[C@H](O)[C@H](O)CO.O=C([O-])[C@H](O)[C@@H](O)[C@H](O)[C@H](O)CO.[Na+].[Na+]. The zero-order valence-electron chi connectivity index (χ0n) is 20.0. The minimum absolute atomic E-state index is 0. The standard InChI is InChI=1S/2C6H12O7.C6H14.2Na/c2*7-1-2(8)3(9)4(10)5(11)6(12)13;1-3-5-6-4-2;;/h2*2-5,7-11H,1H2,(H,12,13);3-6H2,1-2H3;;/q;;;2*+1/p-2/t2*2-,3-,4+,5-;;;/m11.../s1. The van der Waals surface area contributed by atoms with Crippen LogP contribution in [0.5, 0.6) is 0 Å². The van der Waals surface area contributed by atoms with Gasteiger partial charge >= 0.3 is 59.1 Å². The smallest absolute Gasteiger partial charge is 0.547 e. The first kappa shape index (κ1) is 44.5. The predicted molar refractivity (Wildman–Crippen MR) is 102 cm³/mol. The Hall–Kier alpha value is 0.540. The molecule has 34 heavy (non-hydrogen) atoms. The van der Waals surface area contributed by atoms with E-state index in [1.165, 1.54) is 25.7 Å². The van der Waals surface area contributed by atoms with Crippen molar-refractivity contribution in [3.63, 3.8) is 0 Å². The summed E-state index contributed by atoms with van der Waals surface area (Å²) < 4.78 is 0. The van der Waals surface area contributed by atoms with Gasteiger partial charge in [-0.05, 0) is 0 Å². The van der Waals surface area contributed by atoms with Crippen molar-refractivity contribution in [1.29, 1.82) is 0 Å². The molecule has 0 fully saturated rings. The van der Waals surface area contributed by atoms with Crippen LogP contribution in [0.1, 0.15) is 39.5 Å². The van der Waals surface area contributed by atoms with Gasteiger partial charge in [0.1, 0.15) is 48.8 Å². The molecule has 0 bridgehead atoms. The van der Waals surface area contributed by atoms with Gasteiger partial charge in [0.15, 0.2) is 0 Å². The second kappa shape index (κ2) is 26.6. The third-order valence-corrected chi connectivity index (χ3v) is 3.95. The maximum Gasteiger partial charge on any atom is 1.00 e. The van der Waals surface area contributed by atoms with Crippen LogP contribution in [0.4, 0.5) is 0 Å². The van der Waals surface area contributed by atoms with Crippen molar-refractivity contribution in [2.75, 3.05) is 13.2 Å². The van der Waals surface area contributed by atoms with Crippen molar-refractivity contribution in [3.05, 3.63) is 0 Å². The first-order valence-corrected chi connectivity index (χ1v) is 9.82. The summed E-state index contributed by atoms with van der Waals surface area (Å²) in [6.45, 7) is 2.74. The summed E-state index contributed by atoms with van der Waals surface area (Å²) in [7, 11) is 0. The maximum atomic E-state index is 9.98. The van der Waals surface area contributed by atoms with E-state index in [-0.39, 0.29) is 59.1 Å². The van der Waals surface area contributed by atoms with Gasteiger partial charge < -0.3 is 70.9 Å². The maximum absolute atomic E-state index is 9.98. The number of aliphatic hydroxyl groups is 10. The number of unbranched alkanes of at least 4 members (excludes halogenated alkanes) is 3. The Morgan fingerprint density at radius 3 is 0.971 bits per heavy atom. The molecule has 0 aliphatic rings. The second-order valence-electron chi connectivity index (χ2n) is 6.70. The predicted octanol–water partition coefficient (Wildman–Crippen LogP) is -13.1. The number of carbonyl (C=O) groups excluding carboxylic acids is 2. The fourth-order valence-electron chi connectivity index (χ4n) is 1.82. The normalized spacial score (nSPS) is 17.2. The zero-order chi connectivity index (χ0) is 26.0. The molecule has 0 radical (unpaired) electrons. The van der Waals surface area contributed by atoms with Gasteiger partial charge in [0.25, 0.3) is 0 Å². The van der Waals surface area contributed by atoms with Crippen LogP contribution < -0.4 is 69.3 Å². The first-order chi connectivity index (χ1) is 14.7. The average molecular weight is 522 g/mol. The third kappa shape index (κ3) is 20.7. The molecule has 10 N–H and O–H groups in total. The van der Waals surface area contributed by atoms with Crippen LogP contribution in [0.2, 0.25) is 0 Å². The third-order valence-electron chi connectivity index (χ3n) is 3.95. The van der Waals surface area contributed by atoms with E-state index < -0.39 is 74.0 Å².